The summed E-state index contributed by atoms with van der Waals surface area (Å²) >= 11 is 5.71. The highest BCUT2D eigenvalue weighted by Gasteiger charge is 2.15. The van der Waals surface area contributed by atoms with E-state index in [1.165, 1.54) is 0 Å². The maximum absolute atomic E-state index is 12.1. The molecular weight excluding hydrogens is 274 g/mol. The Labute approximate surface area is 123 Å². The van der Waals surface area contributed by atoms with Crippen molar-refractivity contribution in [3.05, 3.63) is 60.2 Å². The first-order chi connectivity index (χ1) is 9.74. The minimum absolute atomic E-state index is 0.0515. The lowest BCUT2D eigenvalue weighted by Crippen LogP contribution is -2.31. The van der Waals surface area contributed by atoms with Crippen molar-refractivity contribution in [3.8, 4) is 5.75 Å². The molecule has 2 aromatic carbocycles. The molecule has 2 rings (SSSR count). The topological polar surface area (TPSA) is 29.5 Å². The quantitative estimate of drug-likeness (QED) is 0.789. The molecule has 0 spiro atoms. The van der Waals surface area contributed by atoms with E-state index >= 15 is 0 Å². The predicted octanol–water partition coefficient (Wildman–Crippen LogP) is 3.47. The highest BCUT2D eigenvalue weighted by atomic mass is 35.5. The third-order valence-electron chi connectivity index (χ3n) is 2.96. The summed E-state index contributed by atoms with van der Waals surface area (Å²) in [5.41, 5.74) is 1.83. The fraction of sp³-hybridized carbons (Fsp3) is 0.188. The number of carbonyl (C=O) groups excluding carboxylic acids is 1. The van der Waals surface area contributed by atoms with Gasteiger partial charge in [0.1, 0.15) is 11.6 Å². The predicted molar refractivity (Wildman–Crippen MR) is 81.3 cm³/mol. The molecule has 0 aliphatic carbocycles. The average Bonchev–Trinajstić information content (AvgIpc) is 2.53. The summed E-state index contributed by atoms with van der Waals surface area (Å²) in [5, 5.41) is 0. The van der Waals surface area contributed by atoms with Gasteiger partial charge < -0.3 is 9.64 Å². The molecule has 1 amide bonds. The number of carbonyl (C=O) groups is 1. The van der Waals surface area contributed by atoms with Crippen LogP contribution in [0.1, 0.15) is 5.56 Å². The normalized spacial score (nSPS) is 10.1. The highest BCUT2D eigenvalue weighted by Crippen LogP contribution is 2.23. The van der Waals surface area contributed by atoms with Gasteiger partial charge in [0, 0.05) is 11.8 Å². The third kappa shape index (κ3) is 3.52. The van der Waals surface area contributed by atoms with E-state index in [-0.39, 0.29) is 11.8 Å². The number of ether oxygens (including phenoxy) is 1. The molecule has 0 saturated carbocycles. The molecular formula is C16H16ClNO2. The Morgan fingerprint density at radius 3 is 2.55 bits per heavy atom. The van der Waals surface area contributed by atoms with Gasteiger partial charge in [0.15, 0.2) is 0 Å². The van der Waals surface area contributed by atoms with Crippen molar-refractivity contribution in [1.82, 2.24) is 0 Å². The van der Waals surface area contributed by atoms with Crippen LogP contribution in [0.5, 0.6) is 5.75 Å². The lowest BCUT2D eigenvalue weighted by atomic mass is 10.2. The van der Waals surface area contributed by atoms with Crippen LogP contribution in [0.4, 0.5) is 5.69 Å². The highest BCUT2D eigenvalue weighted by molar-refractivity contribution is 6.29. The summed E-state index contributed by atoms with van der Waals surface area (Å²) in [6, 6.07) is 17.2. The van der Waals surface area contributed by atoms with Crippen LogP contribution < -0.4 is 9.64 Å². The molecule has 0 N–H and O–H groups in total. The summed E-state index contributed by atoms with van der Waals surface area (Å²) in [6.45, 7) is 0.486. The standard InChI is InChI=1S/C16H16ClNO2/c1-20-15-9-5-8-14(10-15)18(16(19)11-17)12-13-6-3-2-4-7-13/h2-10H,11-12H2,1H3. The number of nitrogens with zero attached hydrogens (tertiary/aromatic N) is 1. The largest absolute Gasteiger partial charge is 0.497 e. The smallest absolute Gasteiger partial charge is 0.242 e. The maximum atomic E-state index is 12.1. The lowest BCUT2D eigenvalue weighted by molar-refractivity contribution is -0.116. The fourth-order valence-electron chi connectivity index (χ4n) is 1.94. The van der Waals surface area contributed by atoms with Crippen LogP contribution in [0, 0.1) is 0 Å². The lowest BCUT2D eigenvalue weighted by Gasteiger charge is -2.22. The van der Waals surface area contributed by atoms with Gasteiger partial charge in [0.05, 0.1) is 13.7 Å². The molecule has 2 aromatic rings. The SMILES string of the molecule is COc1cccc(N(Cc2ccccc2)C(=O)CCl)c1. The molecule has 0 aliphatic heterocycles. The second-order valence-electron chi connectivity index (χ2n) is 4.30. The van der Waals surface area contributed by atoms with E-state index in [0.29, 0.717) is 12.3 Å². The number of hydrogen-bond donors (Lipinski definition) is 0. The Hall–Kier alpha value is -2.00. The number of rotatable bonds is 5. The van der Waals surface area contributed by atoms with Gasteiger partial charge in [-0.05, 0) is 17.7 Å². The summed E-state index contributed by atoms with van der Waals surface area (Å²) in [5.74, 6) is 0.524. The molecule has 0 fully saturated rings. The molecule has 0 heterocycles. The summed E-state index contributed by atoms with van der Waals surface area (Å²) in [6.07, 6.45) is 0. The van der Waals surface area contributed by atoms with Crippen molar-refractivity contribution in [2.45, 2.75) is 6.54 Å². The van der Waals surface area contributed by atoms with Crippen molar-refractivity contribution in [2.75, 3.05) is 17.9 Å². The minimum Gasteiger partial charge on any atom is -0.497 e. The Morgan fingerprint density at radius 2 is 1.90 bits per heavy atom. The van der Waals surface area contributed by atoms with Crippen LogP contribution >= 0.6 is 11.6 Å². The Balaban J connectivity index is 2.29. The van der Waals surface area contributed by atoms with Gasteiger partial charge in [0.2, 0.25) is 5.91 Å². The third-order valence-corrected chi connectivity index (χ3v) is 3.19. The Morgan fingerprint density at radius 1 is 1.15 bits per heavy atom. The fourth-order valence-corrected chi connectivity index (χ4v) is 2.08. The molecule has 0 atom stereocenters. The van der Waals surface area contributed by atoms with Crippen molar-refractivity contribution < 1.29 is 9.53 Å². The first kappa shape index (κ1) is 14.4. The van der Waals surface area contributed by atoms with E-state index in [9.17, 15) is 4.79 Å². The van der Waals surface area contributed by atoms with Crippen LogP contribution in [0.25, 0.3) is 0 Å². The Bertz CT molecular complexity index is 572. The first-order valence-electron chi connectivity index (χ1n) is 6.29. The van der Waals surface area contributed by atoms with Gasteiger partial charge in [-0.2, -0.15) is 0 Å². The number of alkyl halides is 1. The molecule has 0 radical (unpaired) electrons. The first-order valence-corrected chi connectivity index (χ1v) is 6.82. The van der Waals surface area contributed by atoms with Crippen molar-refractivity contribution in [2.24, 2.45) is 0 Å². The van der Waals surface area contributed by atoms with E-state index < -0.39 is 0 Å². The van der Waals surface area contributed by atoms with Crippen LogP contribution in [-0.2, 0) is 11.3 Å². The van der Waals surface area contributed by atoms with E-state index in [2.05, 4.69) is 0 Å². The van der Waals surface area contributed by atoms with Crippen LogP contribution in [-0.4, -0.2) is 18.9 Å². The van der Waals surface area contributed by atoms with Gasteiger partial charge in [-0.25, -0.2) is 0 Å². The zero-order valence-electron chi connectivity index (χ0n) is 11.3. The van der Waals surface area contributed by atoms with E-state index in [0.717, 1.165) is 11.3 Å². The van der Waals surface area contributed by atoms with Gasteiger partial charge in [0.25, 0.3) is 0 Å². The van der Waals surface area contributed by atoms with E-state index in [1.54, 1.807) is 12.0 Å². The molecule has 0 aromatic heterocycles. The van der Waals surface area contributed by atoms with Crippen molar-refractivity contribution >= 4 is 23.2 Å². The zero-order chi connectivity index (χ0) is 14.4. The summed E-state index contributed by atoms with van der Waals surface area (Å²) < 4.78 is 5.20. The van der Waals surface area contributed by atoms with Crippen LogP contribution in [0.15, 0.2) is 54.6 Å². The number of methoxy groups -OCH3 is 1. The summed E-state index contributed by atoms with van der Waals surface area (Å²) in [4.78, 5) is 13.7. The monoisotopic (exact) mass is 289 g/mol. The molecule has 0 aliphatic rings. The molecule has 104 valence electrons. The van der Waals surface area contributed by atoms with Gasteiger partial charge in [-0.15, -0.1) is 11.6 Å². The second kappa shape index (κ2) is 6.96. The van der Waals surface area contributed by atoms with E-state index in [1.807, 2.05) is 54.6 Å². The number of anilines is 1. The minimum atomic E-state index is -0.135. The van der Waals surface area contributed by atoms with Crippen LogP contribution in [0.2, 0.25) is 0 Å². The average molecular weight is 290 g/mol. The number of benzene rings is 2. The van der Waals surface area contributed by atoms with Gasteiger partial charge in [-0.3, -0.25) is 4.79 Å². The second-order valence-corrected chi connectivity index (χ2v) is 4.57. The van der Waals surface area contributed by atoms with Crippen molar-refractivity contribution in [3.63, 3.8) is 0 Å². The van der Waals surface area contributed by atoms with E-state index in [4.69, 9.17) is 16.3 Å². The van der Waals surface area contributed by atoms with Gasteiger partial charge in [-0.1, -0.05) is 36.4 Å². The maximum Gasteiger partial charge on any atom is 0.242 e. The van der Waals surface area contributed by atoms with Crippen LogP contribution in [0.3, 0.4) is 0 Å². The molecule has 0 saturated heterocycles. The number of hydrogen-bond acceptors (Lipinski definition) is 2. The molecule has 0 unspecified atom stereocenters. The van der Waals surface area contributed by atoms with Gasteiger partial charge >= 0.3 is 0 Å². The zero-order valence-corrected chi connectivity index (χ0v) is 12.0. The summed E-state index contributed by atoms with van der Waals surface area (Å²) in [7, 11) is 1.60. The molecule has 20 heavy (non-hydrogen) atoms. The number of amides is 1. The van der Waals surface area contributed by atoms with Crippen molar-refractivity contribution in [1.29, 1.82) is 0 Å². The molecule has 3 nitrogen and oxygen atoms in total. The molecule has 4 heteroatoms. The molecule has 0 bridgehead atoms. The Kier molecular flexibility index (Phi) is 5.02. The number of halogens is 1.